The number of nitrogens with zero attached hydrogens (tertiary/aromatic N) is 3. The summed E-state index contributed by atoms with van der Waals surface area (Å²) < 4.78 is 8.38. The maximum absolute atomic E-state index is 11.9. The number of amides is 1. The average molecular weight is 212 g/mol. The molecule has 0 spiro atoms. The van der Waals surface area contributed by atoms with Gasteiger partial charge in [0.1, 0.15) is 12.4 Å². The molecular formula is C10H18N3O2+. The third-order valence-corrected chi connectivity index (χ3v) is 2.36. The lowest BCUT2D eigenvalue weighted by Crippen LogP contribution is -2.40. The van der Waals surface area contributed by atoms with E-state index >= 15 is 0 Å². The maximum Gasteiger partial charge on any atom is 0.415 e. The molecule has 1 atom stereocenters. The van der Waals surface area contributed by atoms with Gasteiger partial charge < -0.3 is 9.64 Å². The van der Waals surface area contributed by atoms with Gasteiger partial charge in [0.25, 0.3) is 6.33 Å². The van der Waals surface area contributed by atoms with Crippen LogP contribution in [0.5, 0.6) is 0 Å². The van der Waals surface area contributed by atoms with Crippen molar-refractivity contribution in [3.63, 3.8) is 0 Å². The fourth-order valence-electron chi connectivity index (χ4n) is 1.29. The predicted octanol–water partition coefficient (Wildman–Crippen LogP) is 0.247. The second-order valence-electron chi connectivity index (χ2n) is 3.68. The van der Waals surface area contributed by atoms with Crippen LogP contribution in [-0.2, 0) is 11.8 Å². The number of aryl methyl sites for hydroxylation is 1. The Kier molecular flexibility index (Phi) is 3.85. The molecule has 0 aliphatic carbocycles. The van der Waals surface area contributed by atoms with Gasteiger partial charge in [-0.2, -0.15) is 4.57 Å². The Bertz CT molecular complexity index is 335. The zero-order valence-corrected chi connectivity index (χ0v) is 9.67. The zero-order chi connectivity index (χ0) is 11.4. The number of ether oxygens (including phenoxy) is 1. The van der Waals surface area contributed by atoms with Crippen LogP contribution in [0.15, 0.2) is 18.7 Å². The van der Waals surface area contributed by atoms with E-state index in [1.807, 2.05) is 24.7 Å². The first kappa shape index (κ1) is 11.7. The third-order valence-electron chi connectivity index (χ3n) is 2.36. The van der Waals surface area contributed by atoms with Gasteiger partial charge in [0, 0.05) is 14.2 Å². The lowest BCUT2D eigenvalue weighted by Gasteiger charge is -2.21. The molecule has 5 heteroatoms. The first-order valence-corrected chi connectivity index (χ1v) is 4.85. The summed E-state index contributed by atoms with van der Waals surface area (Å²) in [5.74, 6) is 0. The Labute approximate surface area is 89.9 Å². The number of likely N-dealkylation sites (N-methyl/N-ethyl adjacent to an activating group) is 1. The molecule has 5 nitrogen and oxygen atoms in total. The van der Waals surface area contributed by atoms with Crippen LogP contribution >= 0.6 is 0 Å². The van der Waals surface area contributed by atoms with E-state index < -0.39 is 0 Å². The fourth-order valence-corrected chi connectivity index (χ4v) is 1.29. The highest BCUT2D eigenvalue weighted by molar-refractivity contribution is 5.76. The summed E-state index contributed by atoms with van der Waals surface area (Å²) in [6.45, 7) is 2.49. The molecule has 84 valence electrons. The molecular weight excluding hydrogens is 194 g/mol. The van der Waals surface area contributed by atoms with E-state index in [0.717, 1.165) is 0 Å². The number of rotatable bonds is 3. The van der Waals surface area contributed by atoms with E-state index in [0.29, 0.717) is 6.61 Å². The van der Waals surface area contributed by atoms with E-state index in [2.05, 4.69) is 0 Å². The SMILES string of the molecule is COCC(C)N(C)C(=O)n1cc[n+](C)c1. The van der Waals surface area contributed by atoms with Gasteiger partial charge in [-0.3, -0.25) is 0 Å². The summed E-state index contributed by atoms with van der Waals surface area (Å²) >= 11 is 0. The molecule has 0 aromatic carbocycles. The van der Waals surface area contributed by atoms with Crippen LogP contribution in [0.3, 0.4) is 0 Å². The standard InChI is InChI=1S/C10H18N3O2/c1-9(7-15-4)12(3)10(14)13-6-5-11(2)8-13/h5-6,8-9H,7H2,1-4H3/q+1. The summed E-state index contributed by atoms with van der Waals surface area (Å²) in [5, 5.41) is 0. The second-order valence-corrected chi connectivity index (χ2v) is 3.68. The van der Waals surface area contributed by atoms with E-state index in [1.165, 1.54) is 0 Å². The number of hydrogen-bond donors (Lipinski definition) is 0. The summed E-state index contributed by atoms with van der Waals surface area (Å²) in [6, 6.07) is 0.00959. The van der Waals surface area contributed by atoms with Crippen molar-refractivity contribution < 1.29 is 14.1 Å². The molecule has 1 aromatic heterocycles. The van der Waals surface area contributed by atoms with Gasteiger partial charge in [-0.25, -0.2) is 9.36 Å². The molecule has 0 bridgehead atoms. The van der Waals surface area contributed by atoms with Crippen LogP contribution in [0, 0.1) is 0 Å². The van der Waals surface area contributed by atoms with Crippen molar-refractivity contribution in [2.24, 2.45) is 7.05 Å². The van der Waals surface area contributed by atoms with Crippen LogP contribution < -0.4 is 4.57 Å². The first-order chi connectivity index (χ1) is 7.06. The van der Waals surface area contributed by atoms with Crippen molar-refractivity contribution in [3.05, 3.63) is 18.7 Å². The van der Waals surface area contributed by atoms with Crippen molar-refractivity contribution >= 4 is 6.03 Å². The van der Waals surface area contributed by atoms with E-state index in [9.17, 15) is 4.79 Å². The molecule has 0 radical (unpaired) electrons. The molecule has 0 saturated heterocycles. The van der Waals surface area contributed by atoms with Crippen molar-refractivity contribution in [1.29, 1.82) is 0 Å². The minimum absolute atomic E-state index is 0.0554. The van der Waals surface area contributed by atoms with Gasteiger partial charge in [-0.05, 0) is 6.92 Å². The van der Waals surface area contributed by atoms with Gasteiger partial charge in [0.05, 0.1) is 19.7 Å². The molecule has 0 aliphatic rings. The fraction of sp³-hybridized carbons (Fsp3) is 0.600. The van der Waals surface area contributed by atoms with Crippen LogP contribution in [0.25, 0.3) is 0 Å². The van der Waals surface area contributed by atoms with Crippen LogP contribution in [0.4, 0.5) is 4.79 Å². The number of carbonyl (C=O) groups is 1. The van der Waals surface area contributed by atoms with Crippen molar-refractivity contribution in [2.45, 2.75) is 13.0 Å². The number of hydrogen-bond acceptors (Lipinski definition) is 2. The molecule has 1 unspecified atom stereocenters. The third kappa shape index (κ3) is 2.79. The molecule has 1 aromatic rings. The Balaban J connectivity index is 2.68. The molecule has 0 saturated carbocycles. The van der Waals surface area contributed by atoms with Crippen molar-refractivity contribution in [1.82, 2.24) is 9.47 Å². The second kappa shape index (κ2) is 4.93. The van der Waals surface area contributed by atoms with Gasteiger partial charge in [-0.15, -0.1) is 0 Å². The van der Waals surface area contributed by atoms with E-state index in [1.54, 1.807) is 36.1 Å². The van der Waals surface area contributed by atoms with Gasteiger partial charge in [0.2, 0.25) is 0 Å². The molecule has 1 heterocycles. The topological polar surface area (TPSA) is 38.4 Å². The number of imidazole rings is 1. The summed E-state index contributed by atoms with van der Waals surface area (Å²) in [4.78, 5) is 13.6. The Morgan fingerprint density at radius 1 is 1.67 bits per heavy atom. The molecule has 0 fully saturated rings. The molecule has 15 heavy (non-hydrogen) atoms. The average Bonchev–Trinajstić information content (AvgIpc) is 2.63. The molecule has 1 rings (SSSR count). The van der Waals surface area contributed by atoms with Crippen LogP contribution in [0.1, 0.15) is 6.92 Å². The molecule has 1 amide bonds. The number of aromatic nitrogens is 2. The summed E-state index contributed by atoms with van der Waals surface area (Å²) in [6.07, 6.45) is 5.30. The van der Waals surface area contributed by atoms with Crippen LogP contribution in [0.2, 0.25) is 0 Å². The quantitative estimate of drug-likeness (QED) is 0.674. The first-order valence-electron chi connectivity index (χ1n) is 4.85. The zero-order valence-electron chi connectivity index (χ0n) is 9.67. The largest absolute Gasteiger partial charge is 0.415 e. The van der Waals surface area contributed by atoms with Crippen LogP contribution in [-0.4, -0.2) is 42.3 Å². The lowest BCUT2D eigenvalue weighted by atomic mass is 10.3. The smallest absolute Gasteiger partial charge is 0.383 e. The highest BCUT2D eigenvalue weighted by atomic mass is 16.5. The Hall–Kier alpha value is -1.36. The normalized spacial score (nSPS) is 12.5. The van der Waals surface area contributed by atoms with Gasteiger partial charge in [0.15, 0.2) is 0 Å². The summed E-state index contributed by atoms with van der Waals surface area (Å²) in [7, 11) is 5.28. The Morgan fingerprint density at radius 3 is 2.80 bits per heavy atom. The maximum atomic E-state index is 11.9. The number of carbonyl (C=O) groups excluding carboxylic acids is 1. The monoisotopic (exact) mass is 212 g/mol. The van der Waals surface area contributed by atoms with E-state index in [-0.39, 0.29) is 12.1 Å². The van der Waals surface area contributed by atoms with Crippen molar-refractivity contribution in [2.75, 3.05) is 20.8 Å². The van der Waals surface area contributed by atoms with Gasteiger partial charge >= 0.3 is 6.03 Å². The molecule has 0 N–H and O–H groups in total. The highest BCUT2D eigenvalue weighted by Gasteiger charge is 2.21. The molecule has 0 aliphatic heterocycles. The van der Waals surface area contributed by atoms with E-state index in [4.69, 9.17) is 4.74 Å². The predicted molar refractivity (Wildman–Crippen MR) is 55.5 cm³/mol. The lowest BCUT2D eigenvalue weighted by molar-refractivity contribution is -0.670. The minimum Gasteiger partial charge on any atom is -0.383 e. The number of methoxy groups -OCH3 is 1. The highest BCUT2D eigenvalue weighted by Crippen LogP contribution is 1.99. The Morgan fingerprint density at radius 2 is 2.33 bits per heavy atom. The van der Waals surface area contributed by atoms with Gasteiger partial charge in [-0.1, -0.05) is 0 Å². The summed E-state index contributed by atoms with van der Waals surface area (Å²) in [5.41, 5.74) is 0. The van der Waals surface area contributed by atoms with Crippen molar-refractivity contribution in [3.8, 4) is 0 Å². The minimum atomic E-state index is -0.0554.